The Morgan fingerprint density at radius 1 is 1.20 bits per heavy atom. The van der Waals surface area contributed by atoms with Crippen LogP contribution >= 0.6 is 23.2 Å². The molecular formula is C15H20Cl2N2O. The molecule has 0 saturated heterocycles. The first-order valence-corrected chi connectivity index (χ1v) is 7.80. The van der Waals surface area contributed by atoms with E-state index < -0.39 is 0 Å². The van der Waals surface area contributed by atoms with Crippen LogP contribution in [0, 0.1) is 5.92 Å². The van der Waals surface area contributed by atoms with Crippen molar-refractivity contribution >= 4 is 34.8 Å². The van der Waals surface area contributed by atoms with E-state index in [4.69, 9.17) is 28.9 Å². The van der Waals surface area contributed by atoms with Gasteiger partial charge in [-0.25, -0.2) is 0 Å². The van der Waals surface area contributed by atoms with Crippen molar-refractivity contribution in [2.75, 3.05) is 5.73 Å². The maximum absolute atomic E-state index is 12.3. The molecule has 0 aliphatic heterocycles. The number of nitrogens with one attached hydrogen (secondary N) is 1. The monoisotopic (exact) mass is 314 g/mol. The molecule has 1 aliphatic carbocycles. The molecule has 2 rings (SSSR count). The average molecular weight is 315 g/mol. The maximum Gasteiger partial charge on any atom is 0.251 e. The molecule has 20 heavy (non-hydrogen) atoms. The van der Waals surface area contributed by atoms with Crippen molar-refractivity contribution in [3.8, 4) is 0 Å². The van der Waals surface area contributed by atoms with Crippen molar-refractivity contribution in [2.45, 2.75) is 45.1 Å². The second kappa shape index (κ2) is 6.68. The van der Waals surface area contributed by atoms with Gasteiger partial charge in [0.2, 0.25) is 0 Å². The van der Waals surface area contributed by atoms with Crippen LogP contribution < -0.4 is 11.1 Å². The number of hydrogen-bond donors (Lipinski definition) is 2. The van der Waals surface area contributed by atoms with Gasteiger partial charge in [0.1, 0.15) is 0 Å². The first-order chi connectivity index (χ1) is 9.49. The van der Waals surface area contributed by atoms with Crippen molar-refractivity contribution < 1.29 is 4.79 Å². The molecule has 0 heterocycles. The van der Waals surface area contributed by atoms with Crippen LogP contribution in [0.3, 0.4) is 0 Å². The Kier molecular flexibility index (Phi) is 5.17. The third-order valence-corrected chi connectivity index (χ3v) is 4.64. The van der Waals surface area contributed by atoms with E-state index in [1.807, 2.05) is 0 Å². The molecule has 1 amide bonds. The second-order valence-electron chi connectivity index (χ2n) is 5.55. The van der Waals surface area contributed by atoms with Crippen molar-refractivity contribution in [3.05, 3.63) is 27.7 Å². The normalized spacial score (nSPS) is 23.1. The summed E-state index contributed by atoms with van der Waals surface area (Å²) in [5, 5.41) is 3.73. The minimum Gasteiger partial charge on any atom is -0.396 e. The molecule has 0 bridgehead atoms. The van der Waals surface area contributed by atoms with Gasteiger partial charge in [-0.2, -0.15) is 0 Å². The number of nitrogens with two attached hydrogens (primary N) is 1. The van der Waals surface area contributed by atoms with Crippen molar-refractivity contribution in [3.63, 3.8) is 0 Å². The second-order valence-corrected chi connectivity index (χ2v) is 6.36. The summed E-state index contributed by atoms with van der Waals surface area (Å²) in [7, 11) is 0. The highest BCUT2D eigenvalue weighted by Crippen LogP contribution is 2.29. The minimum absolute atomic E-state index is 0.132. The van der Waals surface area contributed by atoms with Gasteiger partial charge < -0.3 is 11.1 Å². The van der Waals surface area contributed by atoms with Crippen molar-refractivity contribution in [1.82, 2.24) is 5.32 Å². The number of benzene rings is 1. The largest absolute Gasteiger partial charge is 0.396 e. The van der Waals surface area contributed by atoms with Gasteiger partial charge in [0.25, 0.3) is 5.91 Å². The van der Waals surface area contributed by atoms with Crippen LogP contribution in [-0.2, 0) is 0 Å². The van der Waals surface area contributed by atoms with Gasteiger partial charge in [-0.15, -0.1) is 0 Å². The molecule has 2 unspecified atom stereocenters. The first kappa shape index (κ1) is 15.5. The summed E-state index contributed by atoms with van der Waals surface area (Å²) in [6, 6.07) is 3.36. The minimum atomic E-state index is -0.132. The molecule has 3 nitrogen and oxygen atoms in total. The summed E-state index contributed by atoms with van der Waals surface area (Å²) in [6.45, 7) is 2.19. The molecule has 2 atom stereocenters. The van der Waals surface area contributed by atoms with Gasteiger partial charge >= 0.3 is 0 Å². The Balaban J connectivity index is 2.11. The Hall–Kier alpha value is -0.930. The first-order valence-electron chi connectivity index (χ1n) is 7.04. The third kappa shape index (κ3) is 3.58. The van der Waals surface area contributed by atoms with Gasteiger partial charge in [0.05, 0.1) is 15.7 Å². The number of anilines is 1. The predicted molar refractivity (Wildman–Crippen MR) is 84.4 cm³/mol. The quantitative estimate of drug-likeness (QED) is 0.632. The lowest BCUT2D eigenvalue weighted by Gasteiger charge is -2.23. The number of hydrogen-bond acceptors (Lipinski definition) is 2. The zero-order chi connectivity index (χ0) is 14.7. The topological polar surface area (TPSA) is 55.1 Å². The standard InChI is InChI=1S/C15H20Cl2N2O/c1-9-5-3-2-4-6-13(9)19-15(20)10-7-11(16)14(18)12(17)8-10/h7-9,13H,2-6,18H2,1H3,(H,19,20). The van der Waals surface area contributed by atoms with E-state index in [1.165, 1.54) is 19.3 Å². The number of carbonyl (C=O) groups excluding carboxylic acids is 1. The Labute approximate surface area is 129 Å². The van der Waals surface area contributed by atoms with E-state index in [2.05, 4.69) is 12.2 Å². The van der Waals surface area contributed by atoms with E-state index >= 15 is 0 Å². The SMILES string of the molecule is CC1CCCCCC1NC(=O)c1cc(Cl)c(N)c(Cl)c1. The van der Waals surface area contributed by atoms with Gasteiger partial charge in [-0.05, 0) is 30.9 Å². The van der Waals surface area contributed by atoms with Gasteiger partial charge in [0, 0.05) is 11.6 Å². The van der Waals surface area contributed by atoms with Crippen LogP contribution in [0.25, 0.3) is 0 Å². The smallest absolute Gasteiger partial charge is 0.251 e. The number of halogens is 2. The van der Waals surface area contributed by atoms with E-state index in [0.717, 1.165) is 12.8 Å². The van der Waals surface area contributed by atoms with E-state index in [9.17, 15) is 4.79 Å². The molecule has 1 aromatic carbocycles. The summed E-state index contributed by atoms with van der Waals surface area (Å²) in [5.41, 5.74) is 6.46. The summed E-state index contributed by atoms with van der Waals surface area (Å²) >= 11 is 11.9. The molecule has 3 N–H and O–H groups in total. The van der Waals surface area contributed by atoms with Crippen LogP contribution in [0.15, 0.2) is 12.1 Å². The molecule has 0 aromatic heterocycles. The molecule has 110 valence electrons. The summed E-state index contributed by atoms with van der Waals surface area (Å²) in [5.74, 6) is 0.369. The van der Waals surface area contributed by atoms with Gasteiger partial charge in [-0.1, -0.05) is 49.4 Å². The molecule has 0 radical (unpaired) electrons. The summed E-state index contributed by atoms with van der Waals surface area (Å²) in [6.07, 6.45) is 5.85. The molecule has 0 spiro atoms. The van der Waals surface area contributed by atoms with Crippen molar-refractivity contribution in [1.29, 1.82) is 0 Å². The molecule has 1 aliphatic rings. The number of nitrogen functional groups attached to an aromatic ring is 1. The van der Waals surface area contributed by atoms with Gasteiger partial charge in [-0.3, -0.25) is 4.79 Å². The third-order valence-electron chi connectivity index (χ3n) is 4.02. The maximum atomic E-state index is 12.3. The summed E-state index contributed by atoms with van der Waals surface area (Å²) in [4.78, 5) is 12.3. The highest BCUT2D eigenvalue weighted by Gasteiger charge is 2.22. The lowest BCUT2D eigenvalue weighted by Crippen LogP contribution is -2.38. The Morgan fingerprint density at radius 2 is 1.80 bits per heavy atom. The van der Waals surface area contributed by atoms with E-state index in [-0.39, 0.29) is 11.9 Å². The van der Waals surface area contributed by atoms with Crippen molar-refractivity contribution in [2.24, 2.45) is 5.92 Å². The highest BCUT2D eigenvalue weighted by atomic mass is 35.5. The molecule has 5 heteroatoms. The fraction of sp³-hybridized carbons (Fsp3) is 0.533. The van der Waals surface area contributed by atoms with Crippen LogP contribution in [0.2, 0.25) is 10.0 Å². The number of carbonyl (C=O) groups is 1. The van der Waals surface area contributed by atoms with Gasteiger partial charge in [0.15, 0.2) is 0 Å². The van der Waals surface area contributed by atoms with Crippen LogP contribution in [0.4, 0.5) is 5.69 Å². The van der Waals surface area contributed by atoms with E-state index in [0.29, 0.717) is 27.2 Å². The molecule has 1 saturated carbocycles. The molecule has 1 aromatic rings. The zero-order valence-corrected chi connectivity index (χ0v) is 13.1. The number of rotatable bonds is 2. The van der Waals surface area contributed by atoms with Crippen LogP contribution in [0.5, 0.6) is 0 Å². The Bertz CT molecular complexity index is 482. The fourth-order valence-corrected chi connectivity index (χ4v) is 3.16. The molecular weight excluding hydrogens is 295 g/mol. The summed E-state index contributed by atoms with van der Waals surface area (Å²) < 4.78 is 0. The fourth-order valence-electron chi connectivity index (χ4n) is 2.67. The zero-order valence-electron chi connectivity index (χ0n) is 11.6. The highest BCUT2D eigenvalue weighted by molar-refractivity contribution is 6.39. The molecule has 1 fully saturated rings. The lowest BCUT2D eigenvalue weighted by molar-refractivity contribution is 0.0921. The van der Waals surface area contributed by atoms with E-state index in [1.54, 1.807) is 12.1 Å². The predicted octanol–water partition coefficient (Wildman–Crippen LogP) is 4.27. The van der Waals surface area contributed by atoms with Crippen LogP contribution in [0.1, 0.15) is 49.4 Å². The number of amides is 1. The Morgan fingerprint density at radius 3 is 2.45 bits per heavy atom. The lowest BCUT2D eigenvalue weighted by atomic mass is 9.96. The van der Waals surface area contributed by atoms with Crippen LogP contribution in [-0.4, -0.2) is 11.9 Å². The average Bonchev–Trinajstić information content (AvgIpc) is 2.61.